The fraction of sp³-hybridized carbons (Fsp3) is 0.455. The summed E-state index contributed by atoms with van der Waals surface area (Å²) in [6.07, 6.45) is 1.40. The van der Waals surface area contributed by atoms with E-state index in [1.165, 1.54) is 10.9 Å². The number of nitrogens with one attached hydrogen (secondary N) is 2. The summed E-state index contributed by atoms with van der Waals surface area (Å²) in [5.41, 5.74) is 6.48. The van der Waals surface area contributed by atoms with Crippen molar-refractivity contribution in [1.29, 1.82) is 0 Å². The molecule has 0 saturated heterocycles. The zero-order valence-electron chi connectivity index (χ0n) is 11.6. The van der Waals surface area contributed by atoms with Crippen molar-refractivity contribution in [3.63, 3.8) is 0 Å². The molecule has 0 aliphatic rings. The smallest absolute Gasteiger partial charge is 0.268 e. The largest absolute Gasteiger partial charge is 0.381 e. The second-order valence-corrected chi connectivity index (χ2v) is 6.35. The Morgan fingerprint density at radius 2 is 2.20 bits per heavy atom. The minimum Gasteiger partial charge on any atom is -0.381 e. The van der Waals surface area contributed by atoms with Crippen molar-refractivity contribution in [2.75, 3.05) is 10.5 Å². The Kier molecular flexibility index (Phi) is 3.71. The summed E-state index contributed by atoms with van der Waals surface area (Å²) < 4.78 is 28.3. The van der Waals surface area contributed by atoms with Crippen LogP contribution >= 0.6 is 0 Å². The molecule has 2 heterocycles. The molecule has 110 valence electrons. The highest BCUT2D eigenvalue weighted by molar-refractivity contribution is 7.92. The molecule has 0 aliphatic heterocycles. The van der Waals surface area contributed by atoms with Gasteiger partial charge in [-0.25, -0.2) is 8.42 Å². The Balaban J connectivity index is 2.28. The number of aromatic amines is 1. The first kappa shape index (κ1) is 14.4. The summed E-state index contributed by atoms with van der Waals surface area (Å²) in [6, 6.07) is 1.66. The molecule has 0 aromatic carbocycles. The van der Waals surface area contributed by atoms with Crippen molar-refractivity contribution < 1.29 is 8.42 Å². The van der Waals surface area contributed by atoms with Crippen LogP contribution in [0.15, 0.2) is 17.2 Å². The van der Waals surface area contributed by atoms with Crippen LogP contribution in [0, 0.1) is 0 Å². The van der Waals surface area contributed by atoms with E-state index in [1.807, 2.05) is 20.8 Å². The second-order valence-electron chi connectivity index (χ2n) is 4.70. The van der Waals surface area contributed by atoms with Gasteiger partial charge < -0.3 is 5.73 Å². The lowest BCUT2D eigenvalue weighted by molar-refractivity contribution is 0.600. The van der Waals surface area contributed by atoms with E-state index in [9.17, 15) is 8.42 Å². The van der Waals surface area contributed by atoms with Crippen LogP contribution in [0.25, 0.3) is 0 Å². The lowest BCUT2D eigenvalue weighted by Gasteiger charge is -2.03. The van der Waals surface area contributed by atoms with Gasteiger partial charge in [0.1, 0.15) is 4.90 Å². The van der Waals surface area contributed by atoms with Crippen LogP contribution in [-0.4, -0.2) is 28.4 Å². The number of nitrogen functional groups attached to an aromatic ring is 1. The minimum absolute atomic E-state index is 0.0287. The number of hydrogen-bond donors (Lipinski definition) is 3. The molecule has 0 fully saturated rings. The zero-order chi connectivity index (χ0) is 14.9. The van der Waals surface area contributed by atoms with E-state index < -0.39 is 10.0 Å². The van der Waals surface area contributed by atoms with Crippen molar-refractivity contribution in [2.24, 2.45) is 0 Å². The fourth-order valence-corrected chi connectivity index (χ4v) is 2.73. The predicted octanol–water partition coefficient (Wildman–Crippen LogP) is 1.13. The molecule has 4 N–H and O–H groups in total. The topological polar surface area (TPSA) is 119 Å². The zero-order valence-corrected chi connectivity index (χ0v) is 12.4. The van der Waals surface area contributed by atoms with Crippen molar-refractivity contribution in [3.05, 3.63) is 18.0 Å². The number of aryl methyl sites for hydroxylation is 1. The first-order valence-electron chi connectivity index (χ1n) is 6.24. The van der Waals surface area contributed by atoms with E-state index in [0.29, 0.717) is 6.54 Å². The maximum atomic E-state index is 12.2. The summed E-state index contributed by atoms with van der Waals surface area (Å²) in [7, 11) is -3.79. The molecule has 8 nitrogen and oxygen atoms in total. The normalized spacial score (nSPS) is 12.0. The highest BCUT2D eigenvalue weighted by Gasteiger charge is 2.22. The Labute approximate surface area is 117 Å². The average Bonchev–Trinajstić information content (AvgIpc) is 2.95. The van der Waals surface area contributed by atoms with Gasteiger partial charge in [0.15, 0.2) is 11.6 Å². The number of aromatic nitrogens is 4. The molecule has 0 aliphatic carbocycles. The second kappa shape index (κ2) is 5.16. The van der Waals surface area contributed by atoms with Crippen LogP contribution < -0.4 is 10.5 Å². The summed E-state index contributed by atoms with van der Waals surface area (Å²) in [5.74, 6) is 0.435. The van der Waals surface area contributed by atoms with Crippen molar-refractivity contribution in [2.45, 2.75) is 38.1 Å². The molecule has 0 bridgehead atoms. The molecule has 2 rings (SSSR count). The third-order valence-electron chi connectivity index (χ3n) is 2.83. The molecule has 2 aromatic rings. The number of H-pyrrole nitrogens is 1. The van der Waals surface area contributed by atoms with Crippen LogP contribution in [0.3, 0.4) is 0 Å². The highest BCUT2D eigenvalue weighted by atomic mass is 32.2. The number of sulfonamides is 1. The molecule has 0 spiro atoms. The van der Waals surface area contributed by atoms with Gasteiger partial charge in [-0.2, -0.15) is 10.2 Å². The SMILES string of the molecule is CCn1cc(S(=O)(=O)Nc2cc(C(C)C)[nH]n2)c(N)n1. The minimum atomic E-state index is -3.79. The van der Waals surface area contributed by atoms with E-state index in [4.69, 9.17) is 5.73 Å². The van der Waals surface area contributed by atoms with Crippen molar-refractivity contribution >= 4 is 21.7 Å². The van der Waals surface area contributed by atoms with Gasteiger partial charge in [0.05, 0.1) is 0 Å². The number of anilines is 2. The van der Waals surface area contributed by atoms with Gasteiger partial charge in [0.2, 0.25) is 0 Å². The predicted molar refractivity (Wildman–Crippen MR) is 75.8 cm³/mol. The first-order chi connectivity index (χ1) is 9.33. The van der Waals surface area contributed by atoms with Gasteiger partial charge >= 0.3 is 0 Å². The Morgan fingerprint density at radius 1 is 1.50 bits per heavy atom. The molecular weight excluding hydrogens is 280 g/mol. The summed E-state index contributed by atoms with van der Waals surface area (Å²) in [6.45, 7) is 6.35. The summed E-state index contributed by atoms with van der Waals surface area (Å²) >= 11 is 0. The maximum absolute atomic E-state index is 12.2. The molecule has 0 unspecified atom stereocenters. The molecule has 9 heteroatoms. The first-order valence-corrected chi connectivity index (χ1v) is 7.73. The molecule has 0 saturated carbocycles. The lowest BCUT2D eigenvalue weighted by Crippen LogP contribution is -2.14. The monoisotopic (exact) mass is 298 g/mol. The van der Waals surface area contributed by atoms with E-state index in [1.54, 1.807) is 6.07 Å². The van der Waals surface area contributed by atoms with E-state index in [0.717, 1.165) is 5.69 Å². The average molecular weight is 298 g/mol. The standard InChI is InChI=1S/C11H18N6O2S/c1-4-17-6-9(11(12)15-17)20(18,19)16-10-5-8(7(2)3)13-14-10/h5-7H,4H2,1-3H3,(H2,12,15)(H2,13,14,16). The highest BCUT2D eigenvalue weighted by Crippen LogP contribution is 2.21. The Morgan fingerprint density at radius 3 is 2.70 bits per heavy atom. The van der Waals surface area contributed by atoms with Crippen molar-refractivity contribution in [3.8, 4) is 0 Å². The summed E-state index contributed by atoms with van der Waals surface area (Å²) in [4.78, 5) is -0.0477. The van der Waals surface area contributed by atoms with Gasteiger partial charge in [-0.05, 0) is 12.8 Å². The van der Waals surface area contributed by atoms with Crippen LogP contribution in [0.1, 0.15) is 32.4 Å². The van der Waals surface area contributed by atoms with Gasteiger partial charge in [-0.15, -0.1) is 0 Å². The van der Waals surface area contributed by atoms with Crippen LogP contribution in [0.4, 0.5) is 11.6 Å². The molecule has 2 aromatic heterocycles. The van der Waals surface area contributed by atoms with Gasteiger partial charge in [0.25, 0.3) is 10.0 Å². The van der Waals surface area contributed by atoms with Gasteiger partial charge in [0, 0.05) is 24.5 Å². The summed E-state index contributed by atoms with van der Waals surface area (Å²) in [5, 5.41) is 10.6. The molecular formula is C11H18N6O2S. The van der Waals surface area contributed by atoms with E-state index in [-0.39, 0.29) is 22.4 Å². The quantitative estimate of drug-likeness (QED) is 0.764. The number of nitrogens with two attached hydrogens (primary N) is 1. The van der Waals surface area contributed by atoms with Crippen molar-refractivity contribution in [1.82, 2.24) is 20.0 Å². The fourth-order valence-electron chi connectivity index (χ4n) is 1.66. The third kappa shape index (κ3) is 2.77. The van der Waals surface area contributed by atoms with E-state index in [2.05, 4.69) is 20.0 Å². The molecule has 0 atom stereocenters. The van der Waals surface area contributed by atoms with Crippen LogP contribution in [-0.2, 0) is 16.6 Å². The molecule has 20 heavy (non-hydrogen) atoms. The maximum Gasteiger partial charge on any atom is 0.268 e. The Bertz CT molecular complexity index is 700. The number of hydrogen-bond acceptors (Lipinski definition) is 5. The third-order valence-corrected chi connectivity index (χ3v) is 4.20. The van der Waals surface area contributed by atoms with Crippen LogP contribution in [0.2, 0.25) is 0 Å². The van der Waals surface area contributed by atoms with Gasteiger partial charge in [-0.1, -0.05) is 13.8 Å². The van der Waals surface area contributed by atoms with E-state index >= 15 is 0 Å². The lowest BCUT2D eigenvalue weighted by atomic mass is 10.1. The number of rotatable bonds is 5. The molecule has 0 radical (unpaired) electrons. The van der Waals surface area contributed by atoms with Gasteiger partial charge in [-0.3, -0.25) is 14.5 Å². The van der Waals surface area contributed by atoms with Crippen LogP contribution in [0.5, 0.6) is 0 Å². The number of nitrogens with zero attached hydrogens (tertiary/aromatic N) is 3. The Hall–Kier alpha value is -2.03. The molecule has 0 amide bonds.